The summed E-state index contributed by atoms with van der Waals surface area (Å²) in [7, 11) is 1.75. The second-order valence-electron chi connectivity index (χ2n) is 7.71. The van der Waals surface area contributed by atoms with Crippen LogP contribution >= 0.6 is 0 Å². The van der Waals surface area contributed by atoms with Gasteiger partial charge in [0.2, 0.25) is 0 Å². The molecule has 1 amide bonds. The number of methoxy groups -OCH3 is 1. The molecular weight excluding hydrogens is 356 g/mol. The summed E-state index contributed by atoms with van der Waals surface area (Å²) in [4.78, 5) is 19.1. The van der Waals surface area contributed by atoms with Crippen LogP contribution in [0, 0.1) is 0 Å². The third-order valence-corrected chi connectivity index (χ3v) is 5.86. The van der Waals surface area contributed by atoms with Crippen molar-refractivity contribution in [2.45, 2.75) is 56.9 Å². The zero-order valence-corrected chi connectivity index (χ0v) is 16.3. The topological polar surface area (TPSA) is 79.6 Å². The maximum Gasteiger partial charge on any atom is 0.251 e. The number of aromatic nitrogens is 2. The molecule has 2 fully saturated rings. The summed E-state index contributed by atoms with van der Waals surface area (Å²) in [6, 6.07) is 5.93. The second kappa shape index (κ2) is 8.32. The van der Waals surface area contributed by atoms with Crippen molar-refractivity contribution in [2.24, 2.45) is 0 Å². The highest BCUT2D eigenvalue weighted by molar-refractivity contribution is 5.96. The normalized spacial score (nSPS) is 25.1. The number of imidazole rings is 1. The molecule has 2 aliphatic rings. The molecule has 0 unspecified atom stereocenters. The molecule has 2 aromatic rings. The lowest BCUT2D eigenvalue weighted by molar-refractivity contribution is 0.0599. The van der Waals surface area contributed by atoms with E-state index in [1.807, 2.05) is 33.9 Å². The van der Waals surface area contributed by atoms with Crippen LogP contribution in [-0.2, 0) is 4.74 Å². The number of hydrogen-bond acceptors (Lipinski definition) is 5. The van der Waals surface area contributed by atoms with Gasteiger partial charge in [-0.25, -0.2) is 4.98 Å². The summed E-state index contributed by atoms with van der Waals surface area (Å²) in [6.45, 7) is 0.788. The monoisotopic (exact) mass is 384 g/mol. The Balaban J connectivity index is 1.57. The Labute approximate surface area is 165 Å². The molecule has 1 aliphatic carbocycles. The molecule has 0 bridgehead atoms. The lowest BCUT2D eigenvalue weighted by atomic mass is 9.92. The summed E-state index contributed by atoms with van der Waals surface area (Å²) < 4.78 is 7.30. The van der Waals surface area contributed by atoms with Gasteiger partial charge >= 0.3 is 0 Å². The van der Waals surface area contributed by atoms with Crippen molar-refractivity contribution in [3.63, 3.8) is 0 Å². The molecule has 2 heterocycles. The van der Waals surface area contributed by atoms with E-state index in [9.17, 15) is 9.90 Å². The van der Waals surface area contributed by atoms with Crippen LogP contribution in [-0.4, -0.2) is 52.6 Å². The molecule has 150 valence electrons. The SMILES string of the molecule is COC1CCC(NC(=O)c2cc(N3CCC[C@@H]3O)cc(-n3ccnc3)c2)CC1. The number of ether oxygens (including phenoxy) is 1. The first-order valence-corrected chi connectivity index (χ1v) is 10.1. The van der Waals surface area contributed by atoms with E-state index in [1.54, 1.807) is 19.6 Å². The maximum absolute atomic E-state index is 13.0. The molecule has 1 saturated heterocycles. The second-order valence-corrected chi connectivity index (χ2v) is 7.71. The van der Waals surface area contributed by atoms with E-state index < -0.39 is 6.23 Å². The van der Waals surface area contributed by atoms with Crippen molar-refractivity contribution in [3.8, 4) is 5.69 Å². The highest BCUT2D eigenvalue weighted by Crippen LogP contribution is 2.28. The van der Waals surface area contributed by atoms with Gasteiger partial charge in [0.15, 0.2) is 0 Å². The number of nitrogens with one attached hydrogen (secondary N) is 1. The molecule has 28 heavy (non-hydrogen) atoms. The Kier molecular flexibility index (Phi) is 5.64. The molecule has 4 rings (SSSR count). The molecule has 7 nitrogen and oxygen atoms in total. The quantitative estimate of drug-likeness (QED) is 0.828. The van der Waals surface area contributed by atoms with Crippen LogP contribution < -0.4 is 10.2 Å². The number of rotatable bonds is 5. The Morgan fingerprint density at radius 2 is 1.96 bits per heavy atom. The molecule has 1 aromatic carbocycles. The number of benzene rings is 1. The first-order valence-electron chi connectivity index (χ1n) is 10.1. The number of aliphatic hydroxyl groups is 1. The Morgan fingerprint density at radius 3 is 2.61 bits per heavy atom. The fourth-order valence-corrected chi connectivity index (χ4v) is 4.21. The first-order chi connectivity index (χ1) is 13.6. The fourth-order valence-electron chi connectivity index (χ4n) is 4.21. The van der Waals surface area contributed by atoms with Gasteiger partial charge < -0.3 is 24.6 Å². The Morgan fingerprint density at radius 1 is 1.18 bits per heavy atom. The predicted molar refractivity (Wildman–Crippen MR) is 107 cm³/mol. The van der Waals surface area contributed by atoms with Crippen molar-refractivity contribution in [1.29, 1.82) is 0 Å². The van der Waals surface area contributed by atoms with E-state index in [0.717, 1.165) is 56.4 Å². The molecule has 2 N–H and O–H groups in total. The van der Waals surface area contributed by atoms with Gasteiger partial charge in [-0.15, -0.1) is 0 Å². The zero-order chi connectivity index (χ0) is 19.5. The highest BCUT2D eigenvalue weighted by Gasteiger charge is 2.25. The van der Waals surface area contributed by atoms with Gasteiger partial charge in [0.25, 0.3) is 5.91 Å². The van der Waals surface area contributed by atoms with Gasteiger partial charge in [-0.3, -0.25) is 4.79 Å². The molecule has 1 saturated carbocycles. The fraction of sp³-hybridized carbons (Fsp3) is 0.524. The van der Waals surface area contributed by atoms with E-state index in [4.69, 9.17) is 4.74 Å². The van der Waals surface area contributed by atoms with Gasteiger partial charge in [0.1, 0.15) is 6.23 Å². The van der Waals surface area contributed by atoms with E-state index in [-0.39, 0.29) is 11.9 Å². The minimum atomic E-state index is -0.502. The van der Waals surface area contributed by atoms with E-state index >= 15 is 0 Å². The number of carbonyl (C=O) groups is 1. The van der Waals surface area contributed by atoms with E-state index in [0.29, 0.717) is 11.7 Å². The van der Waals surface area contributed by atoms with E-state index in [2.05, 4.69) is 10.3 Å². The highest BCUT2D eigenvalue weighted by atomic mass is 16.5. The lowest BCUT2D eigenvalue weighted by Crippen LogP contribution is -2.39. The molecule has 0 radical (unpaired) electrons. The van der Waals surface area contributed by atoms with Crippen molar-refractivity contribution in [3.05, 3.63) is 42.5 Å². The minimum absolute atomic E-state index is 0.0715. The van der Waals surface area contributed by atoms with Gasteiger partial charge in [0.05, 0.1) is 12.4 Å². The van der Waals surface area contributed by atoms with Crippen LogP contribution in [0.15, 0.2) is 36.9 Å². The van der Waals surface area contributed by atoms with Crippen LogP contribution in [0.5, 0.6) is 0 Å². The predicted octanol–water partition coefficient (Wildman–Crippen LogP) is 2.48. The number of nitrogens with zero attached hydrogens (tertiary/aromatic N) is 3. The molecule has 1 aliphatic heterocycles. The number of aliphatic hydroxyl groups excluding tert-OH is 1. The largest absolute Gasteiger partial charge is 0.381 e. The minimum Gasteiger partial charge on any atom is -0.381 e. The summed E-state index contributed by atoms with van der Waals surface area (Å²) in [5.41, 5.74) is 2.33. The van der Waals surface area contributed by atoms with Crippen LogP contribution in [0.1, 0.15) is 48.9 Å². The van der Waals surface area contributed by atoms with Crippen molar-refractivity contribution < 1.29 is 14.6 Å². The van der Waals surface area contributed by atoms with Crippen molar-refractivity contribution in [1.82, 2.24) is 14.9 Å². The van der Waals surface area contributed by atoms with Crippen LogP contribution in [0.3, 0.4) is 0 Å². The average molecular weight is 384 g/mol. The Hall–Kier alpha value is -2.38. The lowest BCUT2D eigenvalue weighted by Gasteiger charge is -2.28. The third kappa shape index (κ3) is 4.05. The molecule has 1 aromatic heterocycles. The van der Waals surface area contributed by atoms with Gasteiger partial charge in [0, 0.05) is 49.0 Å². The number of hydrogen-bond donors (Lipinski definition) is 2. The van der Waals surface area contributed by atoms with Crippen LogP contribution in [0.4, 0.5) is 5.69 Å². The third-order valence-electron chi connectivity index (χ3n) is 5.86. The number of amides is 1. The molecule has 1 atom stereocenters. The molecule has 7 heteroatoms. The first kappa shape index (κ1) is 19.0. The summed E-state index contributed by atoms with van der Waals surface area (Å²) >= 11 is 0. The van der Waals surface area contributed by atoms with Crippen LogP contribution in [0.2, 0.25) is 0 Å². The van der Waals surface area contributed by atoms with Crippen LogP contribution in [0.25, 0.3) is 5.69 Å². The smallest absolute Gasteiger partial charge is 0.251 e. The standard InChI is InChI=1S/C21H28N4O3/c1-28-19-6-4-16(5-7-19)23-21(27)15-11-17(24-10-8-22-14-24)13-18(12-15)25-9-2-3-20(25)26/h8,10-14,16,19-20,26H,2-7,9H2,1H3,(H,23,27)/t16?,19?,20-/m0/s1. The average Bonchev–Trinajstić information content (AvgIpc) is 3.40. The summed E-state index contributed by atoms with van der Waals surface area (Å²) in [5.74, 6) is -0.0715. The number of carbonyl (C=O) groups excluding carboxylic acids is 1. The van der Waals surface area contributed by atoms with Gasteiger partial charge in [-0.1, -0.05) is 0 Å². The van der Waals surface area contributed by atoms with Crippen molar-refractivity contribution >= 4 is 11.6 Å². The summed E-state index contributed by atoms with van der Waals surface area (Å²) in [6.07, 6.45) is 10.6. The van der Waals surface area contributed by atoms with Crippen molar-refractivity contribution in [2.75, 3.05) is 18.6 Å². The van der Waals surface area contributed by atoms with Gasteiger partial charge in [-0.2, -0.15) is 0 Å². The van der Waals surface area contributed by atoms with E-state index in [1.165, 1.54) is 0 Å². The molecule has 0 spiro atoms. The number of anilines is 1. The molecular formula is C21H28N4O3. The van der Waals surface area contributed by atoms with Gasteiger partial charge in [-0.05, 0) is 56.7 Å². The summed E-state index contributed by atoms with van der Waals surface area (Å²) in [5, 5.41) is 13.5. The zero-order valence-electron chi connectivity index (χ0n) is 16.3. The Bertz CT molecular complexity index is 800. The maximum atomic E-state index is 13.0.